The number of unbranched alkanes of at least 4 members (excludes halogenated alkanes) is 6. The average Bonchev–Trinajstić information content (AvgIpc) is 2.63. The van der Waals surface area contributed by atoms with Crippen LogP contribution in [0.1, 0.15) is 122 Å². The predicted octanol–water partition coefficient (Wildman–Crippen LogP) is 7.52. The Morgan fingerprint density at radius 2 is 1.12 bits per heavy atom. The summed E-state index contributed by atoms with van der Waals surface area (Å²) in [6.07, 6.45) is 24.0. The van der Waals surface area contributed by atoms with E-state index in [-0.39, 0.29) is 6.15 Å². The molecule has 0 spiro atoms. The van der Waals surface area contributed by atoms with Crippen molar-refractivity contribution in [2.24, 2.45) is 11.8 Å². The van der Waals surface area contributed by atoms with Gasteiger partial charge in [-0.2, -0.15) is 0 Å². The van der Waals surface area contributed by atoms with Gasteiger partial charge in [-0.1, -0.05) is 110 Å². The van der Waals surface area contributed by atoms with Crippen LogP contribution in [-0.4, -0.2) is 11.1 Å². The van der Waals surface area contributed by atoms with Crippen molar-refractivity contribution in [2.75, 3.05) is 0 Å². The fourth-order valence-corrected chi connectivity index (χ4v) is 4.44. The maximum atomic E-state index is 10.1. The molecule has 2 aliphatic rings. The molecule has 0 amide bonds. The first-order valence-electron chi connectivity index (χ1n) is 11.0. The highest BCUT2D eigenvalue weighted by molar-refractivity contribution is 5.66. The van der Waals surface area contributed by atoms with Crippen LogP contribution in [-0.2, 0) is 4.79 Å². The van der Waals surface area contributed by atoms with Crippen molar-refractivity contribution >= 4 is 5.97 Å². The van der Waals surface area contributed by atoms with Gasteiger partial charge in [0.15, 0.2) is 0 Å². The summed E-state index contributed by atoms with van der Waals surface area (Å²) < 4.78 is 0. The first-order valence-corrected chi connectivity index (χ1v) is 11.0. The standard InChI is InChI=1S/C12H22.C10H20O2.H3N/c1-3-7-11(8-4-1)12-9-5-2-6-10-12;1-2-3-4-5-6-7-8-9-10(11)12;/h11-12H,1-10H2;2-9H2,1H3,(H,11,12);1H3. The second-order valence-electron chi connectivity index (χ2n) is 8.06. The van der Waals surface area contributed by atoms with Gasteiger partial charge in [-0.3, -0.25) is 4.79 Å². The Morgan fingerprint density at radius 1 is 0.720 bits per heavy atom. The third-order valence-corrected chi connectivity index (χ3v) is 5.96. The van der Waals surface area contributed by atoms with Crippen LogP contribution in [0, 0.1) is 11.8 Å². The van der Waals surface area contributed by atoms with Crippen LogP contribution in [0.25, 0.3) is 0 Å². The number of rotatable bonds is 9. The van der Waals surface area contributed by atoms with Crippen molar-refractivity contribution in [3.63, 3.8) is 0 Å². The second kappa shape index (κ2) is 16.9. The normalized spacial score (nSPS) is 18.8. The van der Waals surface area contributed by atoms with Gasteiger partial charge in [0.2, 0.25) is 0 Å². The summed E-state index contributed by atoms with van der Waals surface area (Å²) in [6, 6.07) is 0. The van der Waals surface area contributed by atoms with Gasteiger partial charge in [-0.05, 0) is 18.3 Å². The lowest BCUT2D eigenvalue weighted by atomic mass is 9.73. The van der Waals surface area contributed by atoms with Gasteiger partial charge in [-0.15, -0.1) is 0 Å². The molecule has 0 atom stereocenters. The average molecular weight is 356 g/mol. The summed E-state index contributed by atoms with van der Waals surface area (Å²) in [5.41, 5.74) is 0. The zero-order valence-electron chi connectivity index (χ0n) is 16.9. The SMILES string of the molecule is C1CCC(C2CCCCC2)CC1.CCCCCCCCCC(=O)O.N. The molecule has 0 aromatic rings. The zero-order chi connectivity index (χ0) is 17.5. The van der Waals surface area contributed by atoms with E-state index in [1.165, 1.54) is 70.6 Å². The lowest BCUT2D eigenvalue weighted by molar-refractivity contribution is -0.137. The first kappa shape index (κ1) is 24.4. The molecule has 4 N–H and O–H groups in total. The summed E-state index contributed by atoms with van der Waals surface area (Å²) in [5.74, 6) is 1.61. The van der Waals surface area contributed by atoms with Gasteiger partial charge in [0.05, 0.1) is 0 Å². The summed E-state index contributed by atoms with van der Waals surface area (Å²) in [7, 11) is 0. The molecule has 0 saturated heterocycles. The molecule has 0 aromatic heterocycles. The molecule has 0 heterocycles. The molecule has 2 aliphatic carbocycles. The van der Waals surface area contributed by atoms with E-state index in [0.29, 0.717) is 6.42 Å². The van der Waals surface area contributed by atoms with Gasteiger partial charge < -0.3 is 11.3 Å². The molecular formula is C22H45NO2. The van der Waals surface area contributed by atoms with Crippen molar-refractivity contribution in [3.8, 4) is 0 Å². The number of hydrogen-bond acceptors (Lipinski definition) is 2. The third-order valence-electron chi connectivity index (χ3n) is 5.96. The summed E-state index contributed by atoms with van der Waals surface area (Å²) in [4.78, 5) is 10.1. The first-order chi connectivity index (χ1) is 11.7. The van der Waals surface area contributed by atoms with E-state index < -0.39 is 5.97 Å². The van der Waals surface area contributed by atoms with Gasteiger partial charge in [-0.25, -0.2) is 0 Å². The number of carboxylic acid groups (broad SMARTS) is 1. The van der Waals surface area contributed by atoms with Crippen LogP contribution in [0.15, 0.2) is 0 Å². The molecule has 25 heavy (non-hydrogen) atoms. The van der Waals surface area contributed by atoms with Crippen molar-refractivity contribution in [3.05, 3.63) is 0 Å². The lowest BCUT2D eigenvalue weighted by Crippen LogP contribution is -2.20. The van der Waals surface area contributed by atoms with Crippen molar-refractivity contribution in [1.29, 1.82) is 0 Å². The Labute approximate surface area is 156 Å². The molecule has 0 radical (unpaired) electrons. The maximum absolute atomic E-state index is 10.1. The second-order valence-corrected chi connectivity index (χ2v) is 8.06. The molecule has 2 rings (SSSR count). The van der Waals surface area contributed by atoms with Crippen molar-refractivity contribution in [1.82, 2.24) is 6.15 Å². The van der Waals surface area contributed by atoms with Crippen molar-refractivity contribution in [2.45, 2.75) is 122 Å². The zero-order valence-corrected chi connectivity index (χ0v) is 16.9. The monoisotopic (exact) mass is 355 g/mol. The molecule has 0 unspecified atom stereocenters. The topological polar surface area (TPSA) is 72.3 Å². The highest BCUT2D eigenvalue weighted by Gasteiger charge is 2.24. The number of carboxylic acids is 1. The lowest BCUT2D eigenvalue weighted by Gasteiger charge is -2.32. The van der Waals surface area contributed by atoms with E-state index in [2.05, 4.69) is 6.92 Å². The van der Waals surface area contributed by atoms with Crippen LogP contribution in [0.2, 0.25) is 0 Å². The van der Waals surface area contributed by atoms with Crippen LogP contribution in [0.3, 0.4) is 0 Å². The summed E-state index contributed by atoms with van der Waals surface area (Å²) in [6.45, 7) is 2.20. The van der Waals surface area contributed by atoms with Gasteiger partial charge in [0.1, 0.15) is 0 Å². The Bertz CT molecular complexity index is 278. The number of carbonyl (C=O) groups is 1. The smallest absolute Gasteiger partial charge is 0.303 e. The fourth-order valence-electron chi connectivity index (χ4n) is 4.44. The fraction of sp³-hybridized carbons (Fsp3) is 0.955. The van der Waals surface area contributed by atoms with Gasteiger partial charge in [0.25, 0.3) is 0 Å². The Balaban J connectivity index is 0.000000443. The minimum absolute atomic E-state index is 0. The molecule has 2 saturated carbocycles. The number of hydrogen-bond donors (Lipinski definition) is 2. The molecule has 0 aliphatic heterocycles. The van der Waals surface area contributed by atoms with E-state index in [0.717, 1.165) is 24.7 Å². The third kappa shape index (κ3) is 13.3. The maximum Gasteiger partial charge on any atom is 0.303 e. The molecule has 3 heteroatoms. The summed E-state index contributed by atoms with van der Waals surface area (Å²) >= 11 is 0. The molecule has 0 bridgehead atoms. The largest absolute Gasteiger partial charge is 0.481 e. The highest BCUT2D eigenvalue weighted by atomic mass is 16.4. The minimum Gasteiger partial charge on any atom is -0.481 e. The Hall–Kier alpha value is -0.570. The predicted molar refractivity (Wildman–Crippen MR) is 108 cm³/mol. The van der Waals surface area contributed by atoms with Crippen LogP contribution >= 0.6 is 0 Å². The minimum atomic E-state index is -0.663. The quantitative estimate of drug-likeness (QED) is 0.420. The molecular weight excluding hydrogens is 310 g/mol. The van der Waals surface area contributed by atoms with Gasteiger partial charge >= 0.3 is 5.97 Å². The molecule has 150 valence electrons. The van der Waals surface area contributed by atoms with E-state index >= 15 is 0 Å². The van der Waals surface area contributed by atoms with Gasteiger partial charge in [0, 0.05) is 6.42 Å². The van der Waals surface area contributed by atoms with E-state index in [9.17, 15) is 4.79 Å². The highest BCUT2D eigenvalue weighted by Crippen LogP contribution is 2.37. The van der Waals surface area contributed by atoms with E-state index in [4.69, 9.17) is 5.11 Å². The van der Waals surface area contributed by atoms with Crippen LogP contribution in [0.4, 0.5) is 0 Å². The van der Waals surface area contributed by atoms with Crippen LogP contribution < -0.4 is 6.15 Å². The summed E-state index contributed by atoms with van der Waals surface area (Å²) in [5, 5.41) is 8.35. The number of aliphatic carboxylic acids is 1. The van der Waals surface area contributed by atoms with E-state index in [1.807, 2.05) is 0 Å². The van der Waals surface area contributed by atoms with E-state index in [1.54, 1.807) is 25.7 Å². The Morgan fingerprint density at radius 3 is 1.52 bits per heavy atom. The Kier molecular flexibility index (Phi) is 16.5. The van der Waals surface area contributed by atoms with Crippen LogP contribution in [0.5, 0.6) is 0 Å². The van der Waals surface area contributed by atoms with Crippen molar-refractivity contribution < 1.29 is 9.90 Å². The molecule has 3 nitrogen and oxygen atoms in total. The molecule has 2 fully saturated rings. The molecule has 0 aromatic carbocycles.